The van der Waals surface area contributed by atoms with Crippen LogP contribution in [0.2, 0.25) is 0 Å². The van der Waals surface area contributed by atoms with Gasteiger partial charge in [0.25, 0.3) is 5.91 Å². The van der Waals surface area contributed by atoms with E-state index in [0.717, 1.165) is 28.9 Å². The van der Waals surface area contributed by atoms with Gasteiger partial charge in [0.15, 0.2) is 0 Å². The van der Waals surface area contributed by atoms with Crippen molar-refractivity contribution in [2.24, 2.45) is 0 Å². The Kier molecular flexibility index (Phi) is 5.21. The van der Waals surface area contributed by atoms with Gasteiger partial charge in [-0.3, -0.25) is 4.79 Å². The minimum Gasteiger partial charge on any atom is -0.373 e. The Balaban J connectivity index is 1.92. The number of anilines is 1. The number of carbonyl (C=O) groups excluding carboxylic acids is 1. The van der Waals surface area contributed by atoms with Gasteiger partial charge in [0.05, 0.1) is 0 Å². The second-order valence-corrected chi connectivity index (χ2v) is 5.76. The van der Waals surface area contributed by atoms with Crippen LogP contribution in [0.4, 0.5) is 5.69 Å². The SMILES string of the molecule is Cc1cc(C)c(C(=O)NCCN(C)c2ccccc2)cc1C. The van der Waals surface area contributed by atoms with Crippen molar-refractivity contribution >= 4 is 11.6 Å². The van der Waals surface area contributed by atoms with Gasteiger partial charge in [0, 0.05) is 31.4 Å². The monoisotopic (exact) mass is 296 g/mol. The molecule has 0 aromatic heterocycles. The van der Waals surface area contributed by atoms with E-state index in [4.69, 9.17) is 0 Å². The molecule has 0 radical (unpaired) electrons. The van der Waals surface area contributed by atoms with E-state index in [9.17, 15) is 4.79 Å². The fourth-order valence-electron chi connectivity index (χ4n) is 2.45. The molecule has 0 atom stereocenters. The molecule has 0 bridgehead atoms. The number of amides is 1. The molecule has 0 spiro atoms. The lowest BCUT2D eigenvalue weighted by Crippen LogP contribution is -2.33. The summed E-state index contributed by atoms with van der Waals surface area (Å²) >= 11 is 0. The Hall–Kier alpha value is -2.29. The highest BCUT2D eigenvalue weighted by Gasteiger charge is 2.10. The molecule has 2 aromatic rings. The number of rotatable bonds is 5. The molecule has 3 heteroatoms. The van der Waals surface area contributed by atoms with Crippen molar-refractivity contribution in [3.8, 4) is 0 Å². The fraction of sp³-hybridized carbons (Fsp3) is 0.316. The number of hydrogen-bond donors (Lipinski definition) is 1. The van der Waals surface area contributed by atoms with Crippen LogP contribution in [0.3, 0.4) is 0 Å². The largest absolute Gasteiger partial charge is 0.373 e. The van der Waals surface area contributed by atoms with Crippen LogP contribution in [0.1, 0.15) is 27.0 Å². The summed E-state index contributed by atoms with van der Waals surface area (Å²) < 4.78 is 0. The highest BCUT2D eigenvalue weighted by molar-refractivity contribution is 5.95. The third kappa shape index (κ3) is 3.88. The molecular weight excluding hydrogens is 272 g/mol. The number of nitrogens with one attached hydrogen (secondary N) is 1. The highest BCUT2D eigenvalue weighted by atomic mass is 16.1. The molecule has 0 saturated heterocycles. The molecule has 0 saturated carbocycles. The Morgan fingerprint density at radius 3 is 2.32 bits per heavy atom. The van der Waals surface area contributed by atoms with Crippen LogP contribution < -0.4 is 10.2 Å². The molecule has 0 unspecified atom stereocenters. The maximum absolute atomic E-state index is 12.3. The number of likely N-dealkylation sites (N-methyl/N-ethyl adjacent to an activating group) is 1. The van der Waals surface area contributed by atoms with Crippen molar-refractivity contribution < 1.29 is 4.79 Å². The molecule has 0 aliphatic rings. The molecule has 1 amide bonds. The minimum atomic E-state index is 0.00191. The van der Waals surface area contributed by atoms with E-state index in [1.807, 2.05) is 45.2 Å². The van der Waals surface area contributed by atoms with Crippen LogP contribution in [-0.2, 0) is 0 Å². The summed E-state index contributed by atoms with van der Waals surface area (Å²) in [7, 11) is 2.03. The first-order valence-electron chi connectivity index (χ1n) is 7.61. The number of aryl methyl sites for hydroxylation is 3. The Labute approximate surface area is 133 Å². The van der Waals surface area contributed by atoms with E-state index >= 15 is 0 Å². The van der Waals surface area contributed by atoms with Crippen LogP contribution in [0.15, 0.2) is 42.5 Å². The van der Waals surface area contributed by atoms with Gasteiger partial charge >= 0.3 is 0 Å². The van der Waals surface area contributed by atoms with Gasteiger partial charge < -0.3 is 10.2 Å². The molecule has 0 aliphatic heterocycles. The molecule has 2 aromatic carbocycles. The van der Waals surface area contributed by atoms with Crippen LogP contribution in [0.5, 0.6) is 0 Å². The predicted octanol–water partition coefficient (Wildman–Crippen LogP) is 3.48. The summed E-state index contributed by atoms with van der Waals surface area (Å²) in [6.07, 6.45) is 0. The van der Waals surface area contributed by atoms with Gasteiger partial charge in [0.1, 0.15) is 0 Å². The Morgan fingerprint density at radius 2 is 1.64 bits per heavy atom. The summed E-state index contributed by atoms with van der Waals surface area (Å²) in [4.78, 5) is 14.4. The van der Waals surface area contributed by atoms with E-state index in [-0.39, 0.29) is 5.91 Å². The van der Waals surface area contributed by atoms with Crippen molar-refractivity contribution in [2.75, 3.05) is 25.0 Å². The van der Waals surface area contributed by atoms with Crippen molar-refractivity contribution in [3.05, 3.63) is 64.7 Å². The number of benzene rings is 2. The molecule has 116 valence electrons. The molecule has 3 nitrogen and oxygen atoms in total. The lowest BCUT2D eigenvalue weighted by molar-refractivity contribution is 0.0954. The topological polar surface area (TPSA) is 32.3 Å². The summed E-state index contributed by atoms with van der Waals surface area (Å²) in [5, 5.41) is 3.01. The maximum atomic E-state index is 12.3. The van der Waals surface area contributed by atoms with Gasteiger partial charge in [-0.15, -0.1) is 0 Å². The van der Waals surface area contributed by atoms with Crippen LogP contribution in [-0.4, -0.2) is 26.0 Å². The summed E-state index contributed by atoms with van der Waals surface area (Å²) in [6.45, 7) is 7.49. The standard InChI is InChI=1S/C19H24N2O/c1-14-12-16(3)18(13-15(14)2)19(22)20-10-11-21(4)17-8-6-5-7-9-17/h5-9,12-13H,10-11H2,1-4H3,(H,20,22). The number of hydrogen-bond acceptors (Lipinski definition) is 2. The zero-order valence-corrected chi connectivity index (χ0v) is 13.8. The smallest absolute Gasteiger partial charge is 0.251 e. The third-order valence-electron chi connectivity index (χ3n) is 4.02. The van der Waals surface area contributed by atoms with Crippen LogP contribution in [0.25, 0.3) is 0 Å². The molecule has 22 heavy (non-hydrogen) atoms. The van der Waals surface area contributed by atoms with E-state index in [2.05, 4.69) is 35.3 Å². The highest BCUT2D eigenvalue weighted by Crippen LogP contribution is 2.15. The molecule has 1 N–H and O–H groups in total. The number of nitrogens with zero attached hydrogens (tertiary/aromatic N) is 1. The van der Waals surface area contributed by atoms with E-state index < -0.39 is 0 Å². The predicted molar refractivity (Wildman–Crippen MR) is 92.7 cm³/mol. The maximum Gasteiger partial charge on any atom is 0.251 e. The zero-order valence-electron chi connectivity index (χ0n) is 13.8. The van der Waals surface area contributed by atoms with Gasteiger partial charge in [-0.05, 0) is 55.7 Å². The molecular formula is C19H24N2O. The Morgan fingerprint density at radius 1 is 1.00 bits per heavy atom. The normalized spacial score (nSPS) is 10.4. The molecule has 2 rings (SSSR count). The lowest BCUT2D eigenvalue weighted by Gasteiger charge is -2.19. The van der Waals surface area contributed by atoms with Crippen molar-refractivity contribution in [3.63, 3.8) is 0 Å². The van der Waals surface area contributed by atoms with Gasteiger partial charge in [-0.1, -0.05) is 24.3 Å². The van der Waals surface area contributed by atoms with Crippen molar-refractivity contribution in [2.45, 2.75) is 20.8 Å². The number of carbonyl (C=O) groups is 1. The minimum absolute atomic E-state index is 0.00191. The van der Waals surface area contributed by atoms with Gasteiger partial charge in [-0.2, -0.15) is 0 Å². The van der Waals surface area contributed by atoms with Crippen molar-refractivity contribution in [1.29, 1.82) is 0 Å². The van der Waals surface area contributed by atoms with E-state index in [0.29, 0.717) is 6.54 Å². The number of para-hydroxylation sites is 1. The van der Waals surface area contributed by atoms with Crippen LogP contribution >= 0.6 is 0 Å². The van der Waals surface area contributed by atoms with Gasteiger partial charge in [-0.25, -0.2) is 0 Å². The van der Waals surface area contributed by atoms with E-state index in [1.165, 1.54) is 5.56 Å². The fourth-order valence-corrected chi connectivity index (χ4v) is 2.45. The first kappa shape index (κ1) is 16.1. The van der Waals surface area contributed by atoms with E-state index in [1.54, 1.807) is 0 Å². The average molecular weight is 296 g/mol. The first-order valence-corrected chi connectivity index (χ1v) is 7.61. The average Bonchev–Trinajstić information content (AvgIpc) is 2.51. The summed E-state index contributed by atoms with van der Waals surface area (Å²) in [5.74, 6) is 0.00191. The molecule has 0 fully saturated rings. The first-order chi connectivity index (χ1) is 10.5. The summed E-state index contributed by atoms with van der Waals surface area (Å²) in [5.41, 5.74) is 5.32. The quantitative estimate of drug-likeness (QED) is 0.916. The van der Waals surface area contributed by atoms with Crippen LogP contribution in [0, 0.1) is 20.8 Å². The van der Waals surface area contributed by atoms with Crippen molar-refractivity contribution in [1.82, 2.24) is 5.32 Å². The van der Waals surface area contributed by atoms with Gasteiger partial charge in [0.2, 0.25) is 0 Å². The second kappa shape index (κ2) is 7.12. The Bertz CT molecular complexity index is 650. The zero-order chi connectivity index (χ0) is 16.1. The third-order valence-corrected chi connectivity index (χ3v) is 4.02. The molecule has 0 heterocycles. The lowest BCUT2D eigenvalue weighted by atomic mass is 10.0. The second-order valence-electron chi connectivity index (χ2n) is 5.76. The molecule has 0 aliphatic carbocycles. The summed E-state index contributed by atoms with van der Waals surface area (Å²) in [6, 6.07) is 14.2.